The molecule has 1 aromatic rings. The molecule has 5 nitrogen and oxygen atoms in total. The first-order valence-electron chi connectivity index (χ1n) is 6.67. The van der Waals surface area contributed by atoms with Crippen molar-refractivity contribution in [1.29, 1.82) is 0 Å². The zero-order chi connectivity index (χ0) is 14.4. The summed E-state index contributed by atoms with van der Waals surface area (Å²) in [5.74, 6) is -0.0721. The fourth-order valence-corrected chi connectivity index (χ4v) is 5.19. The van der Waals surface area contributed by atoms with Gasteiger partial charge in [0.2, 0.25) is 10.0 Å². The Morgan fingerprint density at radius 3 is 3.05 bits per heavy atom. The van der Waals surface area contributed by atoms with Crippen molar-refractivity contribution in [2.75, 3.05) is 13.1 Å². The summed E-state index contributed by atoms with van der Waals surface area (Å²) in [6.07, 6.45) is 2.87. The lowest BCUT2D eigenvalue weighted by Crippen LogP contribution is -2.51. The first-order chi connectivity index (χ1) is 9.45. The first kappa shape index (κ1) is 14.1. The van der Waals surface area contributed by atoms with Gasteiger partial charge in [0.1, 0.15) is 4.90 Å². The van der Waals surface area contributed by atoms with Gasteiger partial charge in [-0.2, -0.15) is 0 Å². The number of hydrogen-bond acceptors (Lipinski definition) is 4. The van der Waals surface area contributed by atoms with Crippen molar-refractivity contribution in [2.45, 2.75) is 29.7 Å². The monoisotopic (exact) mass is 316 g/mol. The van der Waals surface area contributed by atoms with Gasteiger partial charge in [-0.25, -0.2) is 13.1 Å². The van der Waals surface area contributed by atoms with Crippen LogP contribution in [0.3, 0.4) is 0 Å². The van der Waals surface area contributed by atoms with E-state index in [1.54, 1.807) is 0 Å². The quantitative estimate of drug-likeness (QED) is 0.789. The molecular weight excluding hydrogens is 300 g/mol. The normalized spacial score (nSPS) is 29.6. The number of sulfonamides is 1. The second-order valence-corrected chi connectivity index (χ2v) is 7.63. The van der Waals surface area contributed by atoms with Crippen LogP contribution in [0.4, 0.5) is 0 Å². The minimum atomic E-state index is -3.78. The average molecular weight is 317 g/mol. The number of phenolic OH excluding ortho intramolecular Hbond substituents is 1. The van der Waals surface area contributed by atoms with Gasteiger partial charge in [0.05, 0.1) is 5.02 Å². The SMILES string of the molecule is O=S(=O)(N[C@]12CCC[C@H]1CNC2)c1cccc(Cl)c1O. The Balaban J connectivity index is 1.95. The van der Waals surface area contributed by atoms with Crippen LogP contribution in [-0.4, -0.2) is 32.2 Å². The van der Waals surface area contributed by atoms with Crippen LogP contribution < -0.4 is 10.0 Å². The minimum Gasteiger partial charge on any atom is -0.505 e. The minimum absolute atomic E-state index is 0.0397. The number of rotatable bonds is 3. The maximum absolute atomic E-state index is 12.5. The third-order valence-electron chi connectivity index (χ3n) is 4.37. The van der Waals surface area contributed by atoms with Crippen molar-refractivity contribution >= 4 is 21.6 Å². The van der Waals surface area contributed by atoms with Crippen molar-refractivity contribution in [3.05, 3.63) is 23.2 Å². The van der Waals surface area contributed by atoms with Crippen LogP contribution >= 0.6 is 11.6 Å². The molecule has 2 atom stereocenters. The van der Waals surface area contributed by atoms with E-state index in [1.807, 2.05) is 0 Å². The number of benzene rings is 1. The molecule has 0 bridgehead atoms. The molecule has 2 aliphatic rings. The highest BCUT2D eigenvalue weighted by Gasteiger charge is 2.48. The number of halogens is 1. The highest BCUT2D eigenvalue weighted by Crippen LogP contribution is 2.40. The summed E-state index contributed by atoms with van der Waals surface area (Å²) in [7, 11) is -3.78. The number of para-hydroxylation sites is 1. The molecule has 20 heavy (non-hydrogen) atoms. The maximum Gasteiger partial charge on any atom is 0.244 e. The van der Waals surface area contributed by atoms with E-state index in [2.05, 4.69) is 10.0 Å². The molecule has 0 spiro atoms. The lowest BCUT2D eigenvalue weighted by molar-refractivity contribution is 0.358. The third kappa shape index (κ3) is 2.20. The molecule has 0 radical (unpaired) electrons. The summed E-state index contributed by atoms with van der Waals surface area (Å²) >= 11 is 5.79. The largest absolute Gasteiger partial charge is 0.505 e. The Hall–Kier alpha value is -0.820. The Morgan fingerprint density at radius 1 is 1.45 bits per heavy atom. The van der Waals surface area contributed by atoms with E-state index in [-0.39, 0.29) is 9.92 Å². The molecule has 7 heteroatoms. The lowest BCUT2D eigenvalue weighted by atomic mass is 9.92. The van der Waals surface area contributed by atoms with E-state index in [9.17, 15) is 13.5 Å². The van der Waals surface area contributed by atoms with Crippen LogP contribution in [0.15, 0.2) is 23.1 Å². The molecule has 0 unspecified atom stereocenters. The molecule has 1 aliphatic carbocycles. The molecule has 0 amide bonds. The summed E-state index contributed by atoms with van der Waals surface area (Å²) in [5.41, 5.74) is -0.423. The summed E-state index contributed by atoms with van der Waals surface area (Å²) < 4.78 is 27.9. The first-order valence-corrected chi connectivity index (χ1v) is 8.53. The van der Waals surface area contributed by atoms with Gasteiger partial charge in [-0.3, -0.25) is 0 Å². The van der Waals surface area contributed by atoms with E-state index >= 15 is 0 Å². The van der Waals surface area contributed by atoms with E-state index in [0.717, 1.165) is 25.8 Å². The maximum atomic E-state index is 12.5. The zero-order valence-electron chi connectivity index (χ0n) is 10.9. The summed E-state index contributed by atoms with van der Waals surface area (Å²) in [6, 6.07) is 4.35. The van der Waals surface area contributed by atoms with Crippen molar-refractivity contribution < 1.29 is 13.5 Å². The van der Waals surface area contributed by atoms with Crippen molar-refractivity contribution in [3.63, 3.8) is 0 Å². The van der Waals surface area contributed by atoms with Crippen molar-refractivity contribution in [1.82, 2.24) is 10.0 Å². The molecule has 1 aromatic carbocycles. The van der Waals surface area contributed by atoms with E-state index in [0.29, 0.717) is 12.5 Å². The Bertz CT molecular complexity index is 623. The van der Waals surface area contributed by atoms with Gasteiger partial charge in [0.15, 0.2) is 5.75 Å². The molecule has 1 saturated carbocycles. The fraction of sp³-hybridized carbons (Fsp3) is 0.538. The second kappa shape index (κ2) is 4.87. The predicted octanol–water partition coefficient (Wildman–Crippen LogP) is 1.47. The zero-order valence-corrected chi connectivity index (χ0v) is 12.5. The van der Waals surface area contributed by atoms with E-state index < -0.39 is 21.3 Å². The molecule has 1 aliphatic heterocycles. The molecule has 3 rings (SSSR count). The highest BCUT2D eigenvalue weighted by atomic mass is 35.5. The van der Waals surface area contributed by atoms with Crippen LogP contribution in [0.1, 0.15) is 19.3 Å². The molecule has 1 saturated heterocycles. The van der Waals surface area contributed by atoms with Gasteiger partial charge in [-0.05, 0) is 37.4 Å². The molecular formula is C13H17ClN2O3S. The van der Waals surface area contributed by atoms with Crippen LogP contribution in [0.5, 0.6) is 5.75 Å². The predicted molar refractivity (Wildman–Crippen MR) is 76.4 cm³/mol. The smallest absolute Gasteiger partial charge is 0.244 e. The van der Waals surface area contributed by atoms with Gasteiger partial charge >= 0.3 is 0 Å². The van der Waals surface area contributed by atoms with Crippen molar-refractivity contribution in [2.24, 2.45) is 5.92 Å². The Morgan fingerprint density at radius 2 is 2.25 bits per heavy atom. The number of hydrogen-bond donors (Lipinski definition) is 3. The number of aromatic hydroxyl groups is 1. The lowest BCUT2D eigenvalue weighted by Gasteiger charge is -2.29. The van der Waals surface area contributed by atoms with Crippen molar-refractivity contribution in [3.8, 4) is 5.75 Å². The van der Waals surface area contributed by atoms with Crippen LogP contribution in [-0.2, 0) is 10.0 Å². The fourth-order valence-electron chi connectivity index (χ4n) is 3.35. The van der Waals surface area contributed by atoms with Gasteiger partial charge < -0.3 is 10.4 Å². The summed E-state index contributed by atoms with van der Waals surface area (Å²) in [4.78, 5) is -0.156. The number of phenols is 1. The van der Waals surface area contributed by atoms with Crippen LogP contribution in [0, 0.1) is 5.92 Å². The average Bonchev–Trinajstić information content (AvgIpc) is 2.90. The number of fused-ring (bicyclic) bond motifs is 1. The molecule has 1 heterocycles. The molecule has 0 aromatic heterocycles. The van der Waals surface area contributed by atoms with Crippen LogP contribution in [0.2, 0.25) is 5.02 Å². The van der Waals surface area contributed by atoms with Crippen LogP contribution in [0.25, 0.3) is 0 Å². The third-order valence-corrected chi connectivity index (χ3v) is 6.25. The Labute approximate surface area is 123 Å². The van der Waals surface area contributed by atoms with Gasteiger partial charge in [-0.15, -0.1) is 0 Å². The Kier molecular flexibility index (Phi) is 3.44. The second-order valence-electron chi connectivity index (χ2n) is 5.57. The van der Waals surface area contributed by atoms with Gasteiger partial charge in [-0.1, -0.05) is 24.1 Å². The molecule has 3 N–H and O–H groups in total. The molecule has 2 fully saturated rings. The summed E-state index contributed by atoms with van der Waals surface area (Å²) in [6.45, 7) is 1.47. The standard InChI is InChI=1S/C13H17ClN2O3S/c14-10-4-1-5-11(12(10)17)20(18,19)16-13-6-2-3-9(13)7-15-8-13/h1,4-5,9,15-17H,2-3,6-8H2/t9-,13-/m0/s1. The van der Waals surface area contributed by atoms with E-state index in [1.165, 1.54) is 18.2 Å². The molecule has 110 valence electrons. The van der Waals surface area contributed by atoms with Gasteiger partial charge in [0.25, 0.3) is 0 Å². The van der Waals surface area contributed by atoms with E-state index in [4.69, 9.17) is 11.6 Å². The summed E-state index contributed by atoms with van der Waals surface area (Å²) in [5, 5.41) is 13.2. The topological polar surface area (TPSA) is 78.4 Å². The van der Waals surface area contributed by atoms with Gasteiger partial charge in [0, 0.05) is 12.1 Å². The number of nitrogens with one attached hydrogen (secondary N) is 2. The highest BCUT2D eigenvalue weighted by molar-refractivity contribution is 7.89.